The molecule has 2 aromatic carbocycles. The molecule has 0 aliphatic heterocycles. The Bertz CT molecular complexity index is 549. The normalized spacial score (nSPS) is 12.0. The Morgan fingerprint density at radius 3 is 2.43 bits per heavy atom. The van der Waals surface area contributed by atoms with Crippen LogP contribution in [0.4, 0.5) is 0 Å². The molecule has 0 aliphatic carbocycles. The first kappa shape index (κ1) is 15.4. The first-order valence-corrected chi connectivity index (χ1v) is 7.27. The lowest BCUT2D eigenvalue weighted by Crippen LogP contribution is -2.05. The van der Waals surface area contributed by atoms with Crippen LogP contribution in [0.3, 0.4) is 0 Å². The lowest BCUT2D eigenvalue weighted by molar-refractivity contribution is 0.167. The molecule has 3 heteroatoms. The third kappa shape index (κ3) is 4.23. The molecule has 2 aromatic rings. The summed E-state index contributed by atoms with van der Waals surface area (Å²) in [6.45, 7) is 2.54. The molecule has 0 saturated heterocycles. The zero-order chi connectivity index (χ0) is 15.1. The van der Waals surface area contributed by atoms with Gasteiger partial charge in [0.2, 0.25) is 0 Å². The van der Waals surface area contributed by atoms with Crippen molar-refractivity contribution in [3.8, 4) is 11.5 Å². The van der Waals surface area contributed by atoms with Crippen LogP contribution in [-0.2, 0) is 6.42 Å². The fraction of sp³-hybridized carbons (Fsp3) is 0.333. The van der Waals surface area contributed by atoms with Gasteiger partial charge in [0.05, 0.1) is 19.8 Å². The maximum atomic E-state index is 9.99. The number of ether oxygens (including phenoxy) is 2. The Morgan fingerprint density at radius 1 is 1.05 bits per heavy atom. The fourth-order valence-electron chi connectivity index (χ4n) is 2.18. The summed E-state index contributed by atoms with van der Waals surface area (Å²) in [5.74, 6) is 1.62. The highest BCUT2D eigenvalue weighted by Gasteiger charge is 2.10. The zero-order valence-corrected chi connectivity index (χ0v) is 12.6. The van der Waals surface area contributed by atoms with Gasteiger partial charge in [0.15, 0.2) is 0 Å². The van der Waals surface area contributed by atoms with Crippen LogP contribution in [-0.4, -0.2) is 18.8 Å². The van der Waals surface area contributed by atoms with E-state index in [4.69, 9.17) is 9.47 Å². The first-order valence-electron chi connectivity index (χ1n) is 7.27. The van der Waals surface area contributed by atoms with Crippen LogP contribution < -0.4 is 9.47 Å². The molecule has 0 fully saturated rings. The van der Waals surface area contributed by atoms with Crippen LogP contribution >= 0.6 is 0 Å². The van der Waals surface area contributed by atoms with E-state index in [1.165, 1.54) is 5.56 Å². The summed E-state index contributed by atoms with van der Waals surface area (Å²) in [6.07, 6.45) is 1.03. The first-order chi connectivity index (χ1) is 10.2. The molecule has 1 atom stereocenters. The molecule has 1 N–H and O–H groups in total. The summed E-state index contributed by atoms with van der Waals surface area (Å²) in [6, 6.07) is 15.6. The van der Waals surface area contributed by atoms with Crippen molar-refractivity contribution < 1.29 is 14.6 Å². The van der Waals surface area contributed by atoms with E-state index in [1.807, 2.05) is 55.5 Å². The molecular formula is C18H22O3. The van der Waals surface area contributed by atoms with Gasteiger partial charge in [-0.3, -0.25) is 0 Å². The lowest BCUT2D eigenvalue weighted by atomic mass is 10.1. The van der Waals surface area contributed by atoms with Crippen LogP contribution in [0.15, 0.2) is 48.5 Å². The average Bonchev–Trinajstić information content (AvgIpc) is 2.55. The third-order valence-electron chi connectivity index (χ3n) is 3.47. The van der Waals surface area contributed by atoms with E-state index in [2.05, 4.69) is 0 Å². The van der Waals surface area contributed by atoms with E-state index < -0.39 is 6.10 Å². The smallest absolute Gasteiger partial charge is 0.125 e. The van der Waals surface area contributed by atoms with Crippen LogP contribution in [0, 0.1) is 0 Å². The number of para-hydroxylation sites is 1. The topological polar surface area (TPSA) is 38.7 Å². The number of hydrogen-bond donors (Lipinski definition) is 1. The summed E-state index contributed by atoms with van der Waals surface area (Å²) in [4.78, 5) is 0. The van der Waals surface area contributed by atoms with E-state index in [-0.39, 0.29) is 0 Å². The number of aliphatic hydroxyl groups excluding tert-OH is 1. The summed E-state index contributed by atoms with van der Waals surface area (Å²) in [5, 5.41) is 9.99. The van der Waals surface area contributed by atoms with Gasteiger partial charge < -0.3 is 14.6 Å². The van der Waals surface area contributed by atoms with Crippen molar-refractivity contribution in [3.05, 3.63) is 59.7 Å². The van der Waals surface area contributed by atoms with Crippen molar-refractivity contribution in [2.75, 3.05) is 13.7 Å². The van der Waals surface area contributed by atoms with Crippen molar-refractivity contribution in [1.29, 1.82) is 0 Å². The summed E-state index contributed by atoms with van der Waals surface area (Å²) >= 11 is 0. The van der Waals surface area contributed by atoms with Gasteiger partial charge >= 0.3 is 0 Å². The second-order valence-electron chi connectivity index (χ2n) is 4.91. The van der Waals surface area contributed by atoms with Crippen LogP contribution in [0.1, 0.15) is 30.6 Å². The fourth-order valence-corrected chi connectivity index (χ4v) is 2.18. The number of benzene rings is 2. The van der Waals surface area contributed by atoms with E-state index in [0.29, 0.717) is 13.0 Å². The third-order valence-corrected chi connectivity index (χ3v) is 3.47. The number of methoxy groups -OCH3 is 1. The highest BCUT2D eigenvalue weighted by atomic mass is 16.5. The van der Waals surface area contributed by atoms with Crippen LogP contribution in [0.25, 0.3) is 0 Å². The van der Waals surface area contributed by atoms with Gasteiger partial charge in [-0.25, -0.2) is 0 Å². The quantitative estimate of drug-likeness (QED) is 0.842. The van der Waals surface area contributed by atoms with Gasteiger partial charge in [0, 0.05) is 12.0 Å². The van der Waals surface area contributed by atoms with E-state index in [1.54, 1.807) is 7.11 Å². The number of aliphatic hydroxyl groups is 1. The minimum absolute atomic E-state index is 0.470. The second kappa shape index (κ2) is 7.70. The Labute approximate surface area is 126 Å². The molecule has 0 unspecified atom stereocenters. The van der Waals surface area contributed by atoms with Crippen LogP contribution in [0.2, 0.25) is 0 Å². The van der Waals surface area contributed by atoms with Crippen molar-refractivity contribution in [2.24, 2.45) is 0 Å². The molecule has 3 nitrogen and oxygen atoms in total. The molecule has 0 heterocycles. The van der Waals surface area contributed by atoms with Gasteiger partial charge in [-0.2, -0.15) is 0 Å². The predicted molar refractivity (Wildman–Crippen MR) is 83.9 cm³/mol. The summed E-state index contributed by atoms with van der Waals surface area (Å²) in [5.41, 5.74) is 2.05. The average molecular weight is 286 g/mol. The van der Waals surface area contributed by atoms with Crippen molar-refractivity contribution >= 4 is 0 Å². The van der Waals surface area contributed by atoms with Crippen LogP contribution in [0.5, 0.6) is 11.5 Å². The van der Waals surface area contributed by atoms with Crippen molar-refractivity contribution in [3.63, 3.8) is 0 Å². The largest absolute Gasteiger partial charge is 0.497 e. The molecule has 2 rings (SSSR count). The highest BCUT2D eigenvalue weighted by molar-refractivity contribution is 5.35. The minimum atomic E-state index is -0.470. The Kier molecular flexibility index (Phi) is 5.64. The zero-order valence-electron chi connectivity index (χ0n) is 12.6. The maximum Gasteiger partial charge on any atom is 0.125 e. The highest BCUT2D eigenvalue weighted by Crippen LogP contribution is 2.27. The molecular weight excluding hydrogens is 264 g/mol. The molecule has 0 saturated carbocycles. The minimum Gasteiger partial charge on any atom is -0.497 e. The lowest BCUT2D eigenvalue weighted by Gasteiger charge is -2.15. The standard InChI is InChI=1S/C18H22O3/c1-3-17(19)16-6-4-5-7-18(16)21-13-12-14-8-10-15(20-2)11-9-14/h4-11,17,19H,3,12-13H2,1-2H3/t17-/m0/s1. The molecule has 0 radical (unpaired) electrons. The van der Waals surface area contributed by atoms with E-state index in [9.17, 15) is 5.11 Å². The molecule has 112 valence electrons. The Hall–Kier alpha value is -2.00. The SMILES string of the molecule is CC[C@H](O)c1ccccc1OCCc1ccc(OC)cc1. The molecule has 0 amide bonds. The summed E-state index contributed by atoms with van der Waals surface area (Å²) in [7, 11) is 1.66. The molecule has 0 bridgehead atoms. The van der Waals surface area contributed by atoms with Gasteiger partial charge in [0.25, 0.3) is 0 Å². The predicted octanol–water partition coefficient (Wildman–Crippen LogP) is 3.76. The molecule has 0 aromatic heterocycles. The Balaban J connectivity index is 1.93. The number of hydrogen-bond acceptors (Lipinski definition) is 3. The second-order valence-corrected chi connectivity index (χ2v) is 4.91. The van der Waals surface area contributed by atoms with Crippen molar-refractivity contribution in [2.45, 2.75) is 25.9 Å². The summed E-state index contributed by atoms with van der Waals surface area (Å²) < 4.78 is 11.0. The van der Waals surface area contributed by atoms with E-state index in [0.717, 1.165) is 23.5 Å². The maximum absolute atomic E-state index is 9.99. The van der Waals surface area contributed by atoms with Crippen molar-refractivity contribution in [1.82, 2.24) is 0 Å². The van der Waals surface area contributed by atoms with Gasteiger partial charge in [-0.05, 0) is 30.2 Å². The van der Waals surface area contributed by atoms with E-state index >= 15 is 0 Å². The number of rotatable bonds is 7. The van der Waals surface area contributed by atoms with Gasteiger partial charge in [-0.15, -0.1) is 0 Å². The molecule has 0 spiro atoms. The van der Waals surface area contributed by atoms with Gasteiger partial charge in [-0.1, -0.05) is 37.3 Å². The van der Waals surface area contributed by atoms with Gasteiger partial charge in [0.1, 0.15) is 11.5 Å². The Morgan fingerprint density at radius 2 is 1.76 bits per heavy atom. The monoisotopic (exact) mass is 286 g/mol. The molecule has 21 heavy (non-hydrogen) atoms. The molecule has 0 aliphatic rings.